The van der Waals surface area contributed by atoms with Crippen molar-refractivity contribution < 1.29 is 31.9 Å². The fourth-order valence-corrected chi connectivity index (χ4v) is 3.81. The predicted octanol–water partition coefficient (Wildman–Crippen LogP) is 3.81. The van der Waals surface area contributed by atoms with Gasteiger partial charge in [-0.3, -0.25) is 4.79 Å². The maximum Gasteiger partial charge on any atom is 0.451 e. The molecule has 3 atom stereocenters. The van der Waals surface area contributed by atoms with Gasteiger partial charge in [0.1, 0.15) is 18.5 Å². The Morgan fingerprint density at radius 1 is 1.03 bits per heavy atom. The molecule has 2 N–H and O–H groups in total. The molecule has 0 bridgehead atoms. The zero-order chi connectivity index (χ0) is 24.5. The van der Waals surface area contributed by atoms with Gasteiger partial charge in [-0.1, -0.05) is 42.5 Å². The minimum atomic E-state index is -4.76. The molecule has 2 heterocycles. The largest absolute Gasteiger partial charge is 0.451 e. The minimum absolute atomic E-state index is 0.0775. The van der Waals surface area contributed by atoms with Gasteiger partial charge in [-0.05, 0) is 28.8 Å². The van der Waals surface area contributed by atoms with Crippen LogP contribution in [0.2, 0.25) is 0 Å². The molecule has 3 aromatic rings. The number of ether oxygens (including phenoxy) is 1. The van der Waals surface area contributed by atoms with Gasteiger partial charge in [-0.25, -0.2) is 24.1 Å². The van der Waals surface area contributed by atoms with E-state index in [2.05, 4.69) is 9.97 Å². The summed E-state index contributed by atoms with van der Waals surface area (Å²) in [6, 6.07) is 11.5. The Balaban J connectivity index is 1.71. The zero-order valence-electron chi connectivity index (χ0n) is 17.4. The van der Waals surface area contributed by atoms with Crippen LogP contribution in [0.1, 0.15) is 34.5 Å². The molecule has 0 unspecified atom stereocenters. The van der Waals surface area contributed by atoms with Gasteiger partial charge in [0, 0.05) is 18.3 Å². The summed E-state index contributed by atoms with van der Waals surface area (Å²) in [6.07, 6.45) is -3.83. The molecule has 1 fully saturated rings. The summed E-state index contributed by atoms with van der Waals surface area (Å²) in [5.74, 6) is -3.80. The molecule has 1 saturated heterocycles. The van der Waals surface area contributed by atoms with Crippen molar-refractivity contribution in [3.05, 3.63) is 95.3 Å². The monoisotopic (exact) mass is 474 g/mol. The van der Waals surface area contributed by atoms with Crippen molar-refractivity contribution in [2.45, 2.75) is 24.2 Å². The maximum atomic E-state index is 13.5. The van der Waals surface area contributed by atoms with Gasteiger partial charge in [-0.2, -0.15) is 13.2 Å². The van der Waals surface area contributed by atoms with Crippen molar-refractivity contribution in [1.29, 1.82) is 0 Å². The molecule has 11 heteroatoms. The quantitative estimate of drug-likeness (QED) is 0.565. The van der Waals surface area contributed by atoms with Gasteiger partial charge in [0.2, 0.25) is 5.82 Å². The van der Waals surface area contributed by atoms with E-state index >= 15 is 0 Å². The van der Waals surface area contributed by atoms with E-state index in [0.717, 1.165) is 29.4 Å². The predicted molar refractivity (Wildman–Crippen MR) is 111 cm³/mol. The maximum absolute atomic E-state index is 13.5. The topological polar surface area (TPSA) is 98.4 Å². The third-order valence-electron chi connectivity index (χ3n) is 5.45. The third kappa shape index (κ3) is 4.60. The van der Waals surface area contributed by atoms with Gasteiger partial charge < -0.3 is 10.5 Å². The smallest absolute Gasteiger partial charge is 0.446 e. The number of nitrogens with two attached hydrogens (primary N) is 1. The highest BCUT2D eigenvalue weighted by molar-refractivity contribution is 5.97. The standard InChI is InChI=1S/C23H18F4N4O3/c24-16-8-6-14(7-9-16)18(15-10-29-21(30-11-15)23(25,26)27)19(28)20(32)31-17(12-34-22(31)33)13-4-2-1-3-5-13/h1-11,17-19H,12,28H2/t17-,18-,19-/m0/s1. The van der Waals surface area contributed by atoms with Crippen molar-refractivity contribution in [3.8, 4) is 0 Å². The van der Waals surface area contributed by atoms with Crippen LogP contribution in [0, 0.1) is 5.82 Å². The molecular formula is C23H18F4N4O3. The second-order valence-corrected chi connectivity index (χ2v) is 7.60. The molecule has 0 radical (unpaired) electrons. The van der Waals surface area contributed by atoms with Crippen LogP contribution >= 0.6 is 0 Å². The lowest BCUT2D eigenvalue weighted by molar-refractivity contribution is -0.145. The summed E-state index contributed by atoms with van der Waals surface area (Å²) in [5.41, 5.74) is 7.36. The lowest BCUT2D eigenvalue weighted by Crippen LogP contribution is -2.48. The van der Waals surface area contributed by atoms with E-state index in [9.17, 15) is 27.2 Å². The molecule has 2 aromatic carbocycles. The van der Waals surface area contributed by atoms with E-state index in [4.69, 9.17) is 10.5 Å². The summed E-state index contributed by atoms with van der Waals surface area (Å²) < 4.78 is 57.4. The number of halogens is 4. The molecule has 7 nitrogen and oxygen atoms in total. The Bertz CT molecular complexity index is 1170. The number of benzene rings is 2. The SMILES string of the molecule is N[C@H](C(=O)N1C(=O)OC[C@H]1c1ccccc1)[C@@H](c1ccc(F)cc1)c1cnc(C(F)(F)F)nc1. The lowest BCUT2D eigenvalue weighted by Gasteiger charge is -2.28. The average Bonchev–Trinajstić information content (AvgIpc) is 3.21. The highest BCUT2D eigenvalue weighted by atomic mass is 19.4. The van der Waals surface area contributed by atoms with Crippen LogP contribution in [-0.4, -0.2) is 39.5 Å². The number of alkyl halides is 3. The van der Waals surface area contributed by atoms with Crippen LogP contribution in [0.3, 0.4) is 0 Å². The summed E-state index contributed by atoms with van der Waals surface area (Å²) in [6.45, 7) is -0.0775. The summed E-state index contributed by atoms with van der Waals surface area (Å²) in [5, 5.41) is 0. The van der Waals surface area contributed by atoms with Crippen molar-refractivity contribution in [2.75, 3.05) is 6.61 Å². The number of hydrogen-bond donors (Lipinski definition) is 1. The van der Waals surface area contributed by atoms with Gasteiger partial charge in [-0.15, -0.1) is 0 Å². The normalized spacial score (nSPS) is 17.9. The van der Waals surface area contributed by atoms with Gasteiger partial charge in [0.25, 0.3) is 5.91 Å². The summed E-state index contributed by atoms with van der Waals surface area (Å²) in [4.78, 5) is 33.4. The van der Waals surface area contributed by atoms with Crippen molar-refractivity contribution in [3.63, 3.8) is 0 Å². The molecule has 176 valence electrons. The number of carbonyl (C=O) groups excluding carboxylic acids is 2. The summed E-state index contributed by atoms with van der Waals surface area (Å²) in [7, 11) is 0. The molecule has 0 aliphatic carbocycles. The molecule has 2 amide bonds. The Morgan fingerprint density at radius 3 is 2.24 bits per heavy atom. The Kier molecular flexibility index (Phi) is 6.29. The molecule has 0 spiro atoms. The first-order valence-electron chi connectivity index (χ1n) is 10.1. The fraction of sp³-hybridized carbons (Fsp3) is 0.217. The second kappa shape index (κ2) is 9.18. The second-order valence-electron chi connectivity index (χ2n) is 7.60. The van der Waals surface area contributed by atoms with Gasteiger partial charge in [0.05, 0.1) is 6.04 Å². The van der Waals surface area contributed by atoms with Crippen LogP contribution in [0.4, 0.5) is 22.4 Å². The van der Waals surface area contributed by atoms with E-state index in [1.54, 1.807) is 30.3 Å². The molecule has 4 rings (SSSR count). The Labute approximate surface area is 191 Å². The number of cyclic esters (lactones) is 1. The zero-order valence-corrected chi connectivity index (χ0v) is 17.4. The molecule has 0 saturated carbocycles. The molecule has 1 aliphatic rings. The first-order valence-corrected chi connectivity index (χ1v) is 10.1. The minimum Gasteiger partial charge on any atom is -0.446 e. The molecule has 1 aromatic heterocycles. The van der Waals surface area contributed by atoms with Crippen LogP contribution in [0.5, 0.6) is 0 Å². The number of amides is 2. The Hall–Kier alpha value is -3.86. The van der Waals surface area contributed by atoms with E-state index in [0.29, 0.717) is 11.1 Å². The first kappa shape index (κ1) is 23.3. The average molecular weight is 474 g/mol. The number of imide groups is 1. The van der Waals surface area contributed by atoms with Crippen LogP contribution < -0.4 is 5.73 Å². The highest BCUT2D eigenvalue weighted by Crippen LogP contribution is 2.33. The van der Waals surface area contributed by atoms with E-state index < -0.39 is 47.8 Å². The lowest BCUT2D eigenvalue weighted by atomic mass is 9.86. The molecular weight excluding hydrogens is 456 g/mol. The van der Waals surface area contributed by atoms with Crippen LogP contribution in [-0.2, 0) is 15.7 Å². The first-order chi connectivity index (χ1) is 16.2. The number of nitrogens with zero attached hydrogens (tertiary/aromatic N) is 3. The molecule has 1 aliphatic heterocycles. The number of hydrogen-bond acceptors (Lipinski definition) is 6. The van der Waals surface area contributed by atoms with Crippen molar-refractivity contribution in [1.82, 2.24) is 14.9 Å². The fourth-order valence-electron chi connectivity index (χ4n) is 3.81. The number of carbonyl (C=O) groups is 2. The number of rotatable bonds is 5. The van der Waals surface area contributed by atoms with Gasteiger partial charge >= 0.3 is 12.3 Å². The summed E-state index contributed by atoms with van der Waals surface area (Å²) >= 11 is 0. The van der Waals surface area contributed by atoms with E-state index in [-0.39, 0.29) is 12.2 Å². The van der Waals surface area contributed by atoms with E-state index in [1.807, 2.05) is 0 Å². The van der Waals surface area contributed by atoms with Crippen LogP contribution in [0.25, 0.3) is 0 Å². The van der Waals surface area contributed by atoms with Crippen molar-refractivity contribution >= 4 is 12.0 Å². The van der Waals surface area contributed by atoms with E-state index in [1.165, 1.54) is 12.1 Å². The molecule has 34 heavy (non-hydrogen) atoms. The highest BCUT2D eigenvalue weighted by Gasteiger charge is 2.43. The van der Waals surface area contributed by atoms with Crippen molar-refractivity contribution in [2.24, 2.45) is 5.73 Å². The van der Waals surface area contributed by atoms with Gasteiger partial charge in [0.15, 0.2) is 0 Å². The Morgan fingerprint density at radius 2 is 1.65 bits per heavy atom. The van der Waals surface area contributed by atoms with Crippen LogP contribution in [0.15, 0.2) is 67.0 Å². The number of aromatic nitrogens is 2. The third-order valence-corrected chi connectivity index (χ3v) is 5.45.